The quantitative estimate of drug-likeness (QED) is 0.848. The molecule has 0 radical (unpaired) electrons. The number of nitrogens with one attached hydrogen (secondary N) is 2. The van der Waals surface area contributed by atoms with Crippen LogP contribution >= 0.6 is 0 Å². The Bertz CT molecular complexity index is 536. The van der Waals surface area contributed by atoms with Crippen molar-refractivity contribution in [2.24, 2.45) is 0 Å². The lowest BCUT2D eigenvalue weighted by Crippen LogP contribution is -2.60. The van der Waals surface area contributed by atoms with Gasteiger partial charge < -0.3 is 19.9 Å². The van der Waals surface area contributed by atoms with Crippen molar-refractivity contribution >= 4 is 11.8 Å². The molecule has 0 spiro atoms. The molecule has 0 bridgehead atoms. The van der Waals surface area contributed by atoms with Gasteiger partial charge in [-0.3, -0.25) is 9.59 Å². The first-order chi connectivity index (χ1) is 10.1. The second-order valence-electron chi connectivity index (χ2n) is 5.61. The van der Waals surface area contributed by atoms with Crippen molar-refractivity contribution in [3.8, 4) is 0 Å². The highest BCUT2D eigenvalue weighted by atomic mass is 16.5. The second-order valence-corrected chi connectivity index (χ2v) is 5.61. The number of hydrogen-bond acceptors (Lipinski definition) is 5. The summed E-state index contributed by atoms with van der Waals surface area (Å²) in [5.41, 5.74) is 0.985. The van der Waals surface area contributed by atoms with Crippen LogP contribution in [0.25, 0.3) is 0 Å². The van der Waals surface area contributed by atoms with E-state index in [-0.39, 0.29) is 35.7 Å². The van der Waals surface area contributed by atoms with E-state index in [1.165, 1.54) is 6.26 Å². The summed E-state index contributed by atoms with van der Waals surface area (Å²) in [5.74, 6) is -0.260. The molecular formula is C14H19N3O4. The van der Waals surface area contributed by atoms with Crippen LogP contribution in [0.15, 0.2) is 10.8 Å². The topological polar surface area (TPSA) is 93.5 Å². The first-order valence-electron chi connectivity index (χ1n) is 7.28. The molecule has 0 aromatic carbocycles. The molecule has 2 aliphatic rings. The average Bonchev–Trinajstić information content (AvgIpc) is 3.11. The van der Waals surface area contributed by atoms with Gasteiger partial charge in [0.15, 0.2) is 5.69 Å². The lowest BCUT2D eigenvalue weighted by atomic mass is 9.92. The minimum absolute atomic E-state index is 0.0126. The van der Waals surface area contributed by atoms with Gasteiger partial charge in [-0.15, -0.1) is 0 Å². The summed E-state index contributed by atoms with van der Waals surface area (Å²) in [6, 6.07) is -0.320. The first-order valence-corrected chi connectivity index (χ1v) is 7.28. The molecular weight excluding hydrogens is 274 g/mol. The maximum absolute atomic E-state index is 12.2. The minimum Gasteiger partial charge on any atom is -0.376 e. The summed E-state index contributed by atoms with van der Waals surface area (Å²) in [4.78, 5) is 23.9. The number of aromatic nitrogens is 1. The number of piperidine rings is 1. The third-order valence-electron chi connectivity index (χ3n) is 4.09. The number of amides is 2. The Labute approximate surface area is 122 Å². The van der Waals surface area contributed by atoms with Gasteiger partial charge in [0.1, 0.15) is 6.26 Å². The van der Waals surface area contributed by atoms with Crippen LogP contribution in [0, 0.1) is 6.92 Å². The monoisotopic (exact) mass is 293 g/mol. The predicted octanol–water partition coefficient (Wildman–Crippen LogP) is 0.539. The number of carbonyl (C=O) groups is 2. The predicted molar refractivity (Wildman–Crippen MR) is 72.6 cm³/mol. The largest absolute Gasteiger partial charge is 0.376 e. The zero-order valence-corrected chi connectivity index (χ0v) is 11.9. The van der Waals surface area contributed by atoms with Crippen molar-refractivity contribution in [3.63, 3.8) is 0 Å². The molecule has 2 N–H and O–H groups in total. The number of ether oxygens (including phenoxy) is 1. The molecule has 7 nitrogen and oxygen atoms in total. The maximum atomic E-state index is 12.2. The molecule has 1 aromatic rings. The molecule has 3 heterocycles. The Hall–Kier alpha value is -1.89. The summed E-state index contributed by atoms with van der Waals surface area (Å²) in [5, 5.41) is 9.62. The molecule has 21 heavy (non-hydrogen) atoms. The Balaban J connectivity index is 1.71. The fourth-order valence-electron chi connectivity index (χ4n) is 2.97. The minimum atomic E-state index is -0.273. The van der Waals surface area contributed by atoms with E-state index in [0.29, 0.717) is 25.0 Å². The molecule has 3 atom stereocenters. The summed E-state index contributed by atoms with van der Waals surface area (Å²) < 4.78 is 10.5. The number of rotatable bonds is 3. The normalized spacial score (nSPS) is 29.2. The summed E-state index contributed by atoms with van der Waals surface area (Å²) in [6.45, 7) is 2.48. The van der Waals surface area contributed by atoms with Crippen LogP contribution in [0.1, 0.15) is 41.7 Å². The van der Waals surface area contributed by atoms with Crippen LogP contribution in [0.5, 0.6) is 0 Å². The molecule has 2 amide bonds. The van der Waals surface area contributed by atoms with E-state index in [0.717, 1.165) is 12.8 Å². The van der Waals surface area contributed by atoms with Gasteiger partial charge >= 0.3 is 0 Å². The van der Waals surface area contributed by atoms with Crippen molar-refractivity contribution in [1.82, 2.24) is 15.8 Å². The zero-order valence-electron chi connectivity index (χ0n) is 11.9. The molecule has 1 aromatic heterocycles. The SMILES string of the molecule is Cc1conc1C(=O)N[C@H]1CCC(=O)N[C@@H]1C1CCCO1. The van der Waals surface area contributed by atoms with Gasteiger partial charge in [0, 0.05) is 18.6 Å². The molecule has 0 aliphatic carbocycles. The molecule has 114 valence electrons. The third kappa shape index (κ3) is 2.92. The first kappa shape index (κ1) is 14.1. The van der Waals surface area contributed by atoms with Crippen LogP contribution in [-0.2, 0) is 9.53 Å². The molecule has 2 aliphatic heterocycles. The second kappa shape index (κ2) is 5.85. The number of hydrogen-bond donors (Lipinski definition) is 2. The average molecular weight is 293 g/mol. The highest BCUT2D eigenvalue weighted by Gasteiger charge is 2.38. The Morgan fingerprint density at radius 1 is 1.48 bits per heavy atom. The molecule has 1 unspecified atom stereocenters. The number of carbonyl (C=O) groups excluding carboxylic acids is 2. The molecule has 2 saturated heterocycles. The van der Waals surface area contributed by atoms with E-state index in [1.807, 2.05) is 0 Å². The summed E-state index contributed by atoms with van der Waals surface area (Å²) in [6.07, 6.45) is 4.32. The molecule has 3 rings (SSSR count). The summed E-state index contributed by atoms with van der Waals surface area (Å²) >= 11 is 0. The van der Waals surface area contributed by atoms with Crippen LogP contribution in [0.3, 0.4) is 0 Å². The van der Waals surface area contributed by atoms with Gasteiger partial charge in [0.2, 0.25) is 5.91 Å². The lowest BCUT2D eigenvalue weighted by Gasteiger charge is -2.35. The van der Waals surface area contributed by atoms with Crippen LogP contribution in [0.2, 0.25) is 0 Å². The lowest BCUT2D eigenvalue weighted by molar-refractivity contribution is -0.125. The van der Waals surface area contributed by atoms with Crippen LogP contribution in [0.4, 0.5) is 0 Å². The standard InChI is InChI=1S/C14H19N3O4/c1-8-7-21-17-12(8)14(19)15-9-4-5-11(18)16-13(9)10-3-2-6-20-10/h7,9-10,13H,2-6H2,1H3,(H,15,19)(H,16,18)/t9-,10?,13-/m0/s1. The molecule has 2 fully saturated rings. The van der Waals surface area contributed by atoms with Crippen molar-refractivity contribution in [2.75, 3.05) is 6.61 Å². The highest BCUT2D eigenvalue weighted by molar-refractivity contribution is 5.93. The van der Waals surface area contributed by atoms with Crippen molar-refractivity contribution in [2.45, 2.75) is 50.8 Å². The van der Waals surface area contributed by atoms with Crippen molar-refractivity contribution in [3.05, 3.63) is 17.5 Å². The third-order valence-corrected chi connectivity index (χ3v) is 4.09. The Kier molecular flexibility index (Phi) is 3.92. The number of aryl methyl sites for hydroxylation is 1. The fraction of sp³-hybridized carbons (Fsp3) is 0.643. The Morgan fingerprint density at radius 2 is 2.33 bits per heavy atom. The number of nitrogens with zero attached hydrogens (tertiary/aromatic N) is 1. The fourth-order valence-corrected chi connectivity index (χ4v) is 2.97. The van der Waals surface area contributed by atoms with Crippen molar-refractivity contribution < 1.29 is 18.8 Å². The van der Waals surface area contributed by atoms with Gasteiger partial charge in [0.25, 0.3) is 5.91 Å². The zero-order chi connectivity index (χ0) is 14.8. The van der Waals surface area contributed by atoms with Crippen LogP contribution in [-0.4, -0.2) is 41.8 Å². The van der Waals surface area contributed by atoms with E-state index in [1.54, 1.807) is 6.92 Å². The molecule has 7 heteroatoms. The van der Waals surface area contributed by atoms with Gasteiger partial charge in [-0.25, -0.2) is 0 Å². The van der Waals surface area contributed by atoms with Gasteiger partial charge in [-0.2, -0.15) is 0 Å². The maximum Gasteiger partial charge on any atom is 0.274 e. The van der Waals surface area contributed by atoms with E-state index < -0.39 is 0 Å². The highest BCUT2D eigenvalue weighted by Crippen LogP contribution is 2.22. The van der Waals surface area contributed by atoms with Gasteiger partial charge in [-0.05, 0) is 26.2 Å². The van der Waals surface area contributed by atoms with E-state index in [9.17, 15) is 9.59 Å². The van der Waals surface area contributed by atoms with Gasteiger partial charge in [-0.1, -0.05) is 5.16 Å². The van der Waals surface area contributed by atoms with Crippen LogP contribution < -0.4 is 10.6 Å². The molecule has 0 saturated carbocycles. The van der Waals surface area contributed by atoms with E-state index in [4.69, 9.17) is 9.26 Å². The summed E-state index contributed by atoms with van der Waals surface area (Å²) in [7, 11) is 0. The van der Waals surface area contributed by atoms with E-state index >= 15 is 0 Å². The van der Waals surface area contributed by atoms with E-state index in [2.05, 4.69) is 15.8 Å². The van der Waals surface area contributed by atoms with Gasteiger partial charge in [0.05, 0.1) is 18.2 Å². The van der Waals surface area contributed by atoms with Crippen molar-refractivity contribution in [1.29, 1.82) is 0 Å². The smallest absolute Gasteiger partial charge is 0.274 e. The Morgan fingerprint density at radius 3 is 3.00 bits per heavy atom.